The van der Waals surface area contributed by atoms with Crippen LogP contribution in [0.4, 0.5) is 0 Å². The Bertz CT molecular complexity index is 379. The van der Waals surface area contributed by atoms with Crippen molar-refractivity contribution in [1.29, 1.82) is 0 Å². The molecule has 0 spiro atoms. The van der Waals surface area contributed by atoms with E-state index in [1.54, 1.807) is 0 Å². The van der Waals surface area contributed by atoms with Gasteiger partial charge in [0, 0.05) is 5.56 Å². The molecule has 0 radical (unpaired) electrons. The van der Waals surface area contributed by atoms with Gasteiger partial charge in [-0.2, -0.15) is 0 Å². The summed E-state index contributed by atoms with van der Waals surface area (Å²) in [4.78, 5) is 19.2. The van der Waals surface area contributed by atoms with Crippen LogP contribution in [0.2, 0.25) is 10.3 Å². The fraction of sp³-hybridized carbons (Fsp3) is 0.545. The fourth-order valence-corrected chi connectivity index (χ4v) is 2.08. The summed E-state index contributed by atoms with van der Waals surface area (Å²) in [5.74, 6) is -0.434. The van der Waals surface area contributed by atoms with Gasteiger partial charge in [-0.25, -0.2) is 9.97 Å². The van der Waals surface area contributed by atoms with Crippen LogP contribution < -0.4 is 0 Å². The molecule has 0 fully saturated rings. The minimum atomic E-state index is -0.268. The molecular formula is C11H14Cl2N2O2. The molecule has 0 aromatic carbocycles. The van der Waals surface area contributed by atoms with Gasteiger partial charge in [-0.1, -0.05) is 37.0 Å². The Hall–Kier alpha value is -0.870. The zero-order chi connectivity index (χ0) is 12.8. The van der Waals surface area contributed by atoms with E-state index in [4.69, 9.17) is 27.9 Å². The van der Waals surface area contributed by atoms with E-state index in [-0.39, 0.29) is 28.6 Å². The number of aromatic nitrogens is 2. The van der Waals surface area contributed by atoms with E-state index in [1.807, 2.05) is 13.8 Å². The third-order valence-corrected chi connectivity index (χ3v) is 2.82. The summed E-state index contributed by atoms with van der Waals surface area (Å²) in [7, 11) is 0. The average molecular weight is 277 g/mol. The molecular weight excluding hydrogens is 263 g/mol. The lowest BCUT2D eigenvalue weighted by Gasteiger charge is -2.13. The predicted molar refractivity (Wildman–Crippen MR) is 66.3 cm³/mol. The fourth-order valence-electron chi connectivity index (χ4n) is 1.39. The minimum Gasteiger partial charge on any atom is -0.466 e. The van der Waals surface area contributed by atoms with Crippen LogP contribution in [0.3, 0.4) is 0 Å². The molecule has 1 atom stereocenters. The molecule has 17 heavy (non-hydrogen) atoms. The smallest absolute Gasteiger partial charge is 0.306 e. The Balaban J connectivity index is 2.69. The van der Waals surface area contributed by atoms with Gasteiger partial charge < -0.3 is 4.74 Å². The normalized spacial score (nSPS) is 12.2. The summed E-state index contributed by atoms with van der Waals surface area (Å²) in [6.45, 7) is 4.21. The maximum atomic E-state index is 11.5. The Morgan fingerprint density at radius 3 is 2.53 bits per heavy atom. The van der Waals surface area contributed by atoms with Gasteiger partial charge in [0.15, 0.2) is 0 Å². The van der Waals surface area contributed by atoms with Gasteiger partial charge in [-0.05, 0) is 12.3 Å². The van der Waals surface area contributed by atoms with E-state index in [9.17, 15) is 4.79 Å². The van der Waals surface area contributed by atoms with E-state index in [2.05, 4.69) is 9.97 Å². The predicted octanol–water partition coefficient (Wildman–Crippen LogP) is 3.23. The van der Waals surface area contributed by atoms with E-state index in [1.165, 1.54) is 6.33 Å². The van der Waals surface area contributed by atoms with Crippen molar-refractivity contribution in [2.24, 2.45) is 0 Å². The number of carbonyl (C=O) groups excluding carboxylic acids is 1. The first-order valence-electron chi connectivity index (χ1n) is 5.37. The zero-order valence-electron chi connectivity index (χ0n) is 9.74. The molecule has 0 saturated heterocycles. The first kappa shape index (κ1) is 14.2. The molecule has 94 valence electrons. The molecule has 0 bridgehead atoms. The molecule has 6 heteroatoms. The standard InChI is InChI=1S/C11H14Cl2N2O2/c1-3-4-17-8(16)5-7(2)9-10(12)14-6-15-11(9)13/h6-7H,3-5H2,1-2H3/t7-/m1/s1. The van der Waals surface area contributed by atoms with E-state index < -0.39 is 0 Å². The topological polar surface area (TPSA) is 52.1 Å². The molecule has 4 nitrogen and oxygen atoms in total. The quantitative estimate of drug-likeness (QED) is 0.612. The molecule has 0 unspecified atom stereocenters. The average Bonchev–Trinajstić information content (AvgIpc) is 2.26. The summed E-state index contributed by atoms with van der Waals surface area (Å²) >= 11 is 11.8. The minimum absolute atomic E-state index is 0.166. The van der Waals surface area contributed by atoms with Crippen LogP contribution in [0.25, 0.3) is 0 Å². The van der Waals surface area contributed by atoms with E-state index in [0.717, 1.165) is 6.42 Å². The second kappa shape index (κ2) is 6.77. The monoisotopic (exact) mass is 276 g/mol. The first-order chi connectivity index (χ1) is 8.06. The van der Waals surface area contributed by atoms with Crippen molar-refractivity contribution in [2.45, 2.75) is 32.6 Å². The van der Waals surface area contributed by atoms with Crippen LogP contribution in [0.1, 0.15) is 38.2 Å². The highest BCUT2D eigenvalue weighted by Crippen LogP contribution is 2.30. The maximum absolute atomic E-state index is 11.5. The van der Waals surface area contributed by atoms with Crippen molar-refractivity contribution in [2.75, 3.05) is 6.61 Å². The molecule has 1 heterocycles. The Kier molecular flexibility index (Phi) is 5.65. The largest absolute Gasteiger partial charge is 0.466 e. The van der Waals surface area contributed by atoms with Gasteiger partial charge in [-0.15, -0.1) is 0 Å². The molecule has 0 aliphatic carbocycles. The summed E-state index contributed by atoms with van der Waals surface area (Å²) in [6.07, 6.45) is 2.30. The number of carbonyl (C=O) groups is 1. The number of rotatable bonds is 5. The summed E-state index contributed by atoms with van der Waals surface area (Å²) < 4.78 is 5.00. The second-order valence-electron chi connectivity index (χ2n) is 3.69. The summed E-state index contributed by atoms with van der Waals surface area (Å²) in [5, 5.41) is 0.557. The van der Waals surface area contributed by atoms with Gasteiger partial charge >= 0.3 is 5.97 Å². The molecule has 1 aromatic heterocycles. The Morgan fingerprint density at radius 1 is 1.41 bits per heavy atom. The van der Waals surface area contributed by atoms with Gasteiger partial charge in [0.2, 0.25) is 0 Å². The second-order valence-corrected chi connectivity index (χ2v) is 4.41. The number of esters is 1. The van der Waals surface area contributed by atoms with Crippen LogP contribution >= 0.6 is 23.2 Å². The van der Waals surface area contributed by atoms with Crippen molar-refractivity contribution in [3.8, 4) is 0 Å². The van der Waals surface area contributed by atoms with Gasteiger partial charge in [0.1, 0.15) is 16.6 Å². The van der Waals surface area contributed by atoms with Crippen LogP contribution in [0.15, 0.2) is 6.33 Å². The lowest BCUT2D eigenvalue weighted by Crippen LogP contribution is -2.10. The molecule has 1 aromatic rings. The number of nitrogens with zero attached hydrogens (tertiary/aromatic N) is 2. The van der Waals surface area contributed by atoms with Gasteiger partial charge in [-0.3, -0.25) is 4.79 Å². The summed E-state index contributed by atoms with van der Waals surface area (Å²) in [5.41, 5.74) is 0.587. The van der Waals surface area contributed by atoms with Crippen LogP contribution in [0, 0.1) is 0 Å². The van der Waals surface area contributed by atoms with Crippen molar-refractivity contribution in [1.82, 2.24) is 9.97 Å². The Labute approximate surface area is 110 Å². The highest BCUT2D eigenvalue weighted by atomic mass is 35.5. The molecule has 0 amide bonds. The lowest BCUT2D eigenvalue weighted by atomic mass is 10.0. The molecule has 0 aliphatic rings. The van der Waals surface area contributed by atoms with Crippen LogP contribution in [-0.2, 0) is 9.53 Å². The number of hydrogen-bond donors (Lipinski definition) is 0. The molecule has 0 N–H and O–H groups in total. The van der Waals surface area contributed by atoms with E-state index in [0.29, 0.717) is 12.2 Å². The number of ether oxygens (including phenoxy) is 1. The first-order valence-corrected chi connectivity index (χ1v) is 6.13. The number of halogens is 2. The van der Waals surface area contributed by atoms with Crippen LogP contribution in [-0.4, -0.2) is 22.5 Å². The zero-order valence-corrected chi connectivity index (χ0v) is 11.3. The highest BCUT2D eigenvalue weighted by molar-refractivity contribution is 6.34. The summed E-state index contributed by atoms with van der Waals surface area (Å²) in [6, 6.07) is 0. The molecule has 1 rings (SSSR count). The van der Waals surface area contributed by atoms with Gasteiger partial charge in [0.05, 0.1) is 13.0 Å². The van der Waals surface area contributed by atoms with E-state index >= 15 is 0 Å². The van der Waals surface area contributed by atoms with Crippen molar-refractivity contribution >= 4 is 29.2 Å². The SMILES string of the molecule is CCCOC(=O)C[C@@H](C)c1c(Cl)ncnc1Cl. The Morgan fingerprint density at radius 2 is 2.00 bits per heavy atom. The highest BCUT2D eigenvalue weighted by Gasteiger charge is 2.19. The molecule has 0 aliphatic heterocycles. The van der Waals surface area contributed by atoms with Crippen LogP contribution in [0.5, 0.6) is 0 Å². The third-order valence-electron chi connectivity index (χ3n) is 2.22. The van der Waals surface area contributed by atoms with Gasteiger partial charge in [0.25, 0.3) is 0 Å². The third kappa shape index (κ3) is 4.13. The maximum Gasteiger partial charge on any atom is 0.306 e. The van der Waals surface area contributed by atoms with Crippen molar-refractivity contribution < 1.29 is 9.53 Å². The van der Waals surface area contributed by atoms with Crippen molar-refractivity contribution in [3.05, 3.63) is 22.2 Å². The number of hydrogen-bond acceptors (Lipinski definition) is 4. The van der Waals surface area contributed by atoms with Crippen molar-refractivity contribution in [3.63, 3.8) is 0 Å². The molecule has 0 saturated carbocycles. The lowest BCUT2D eigenvalue weighted by molar-refractivity contribution is -0.144.